The number of aliphatic hydroxyl groups is 1. The van der Waals surface area contributed by atoms with Crippen LogP contribution in [0.5, 0.6) is 0 Å². The van der Waals surface area contributed by atoms with Crippen LogP contribution < -0.4 is 11.1 Å². The van der Waals surface area contributed by atoms with Crippen molar-refractivity contribution in [3.05, 3.63) is 89.7 Å². The highest BCUT2D eigenvalue weighted by Gasteiger charge is 2.25. The second kappa shape index (κ2) is 11.8. The summed E-state index contributed by atoms with van der Waals surface area (Å²) in [6.07, 6.45) is 2.87. The summed E-state index contributed by atoms with van der Waals surface area (Å²) in [5.74, 6) is -0.283. The summed E-state index contributed by atoms with van der Waals surface area (Å²) < 4.78 is 5.79. The lowest BCUT2D eigenvalue weighted by Gasteiger charge is -2.30. The van der Waals surface area contributed by atoms with E-state index in [2.05, 4.69) is 10.3 Å². The Morgan fingerprint density at radius 1 is 1.09 bits per heavy atom. The van der Waals surface area contributed by atoms with Crippen LogP contribution in [0, 0.1) is 0 Å². The van der Waals surface area contributed by atoms with Crippen LogP contribution in [0.1, 0.15) is 53.9 Å². The molecule has 2 atom stereocenters. The molecule has 178 valence electrons. The van der Waals surface area contributed by atoms with Gasteiger partial charge in [-0.15, -0.1) is 0 Å². The first-order valence-corrected chi connectivity index (χ1v) is 11.2. The molecular weight excluding hydrogens is 432 g/mol. The number of nitrogens with two attached hydrogens (primary N) is 1. The van der Waals surface area contributed by atoms with Gasteiger partial charge >= 0.3 is 6.09 Å². The van der Waals surface area contributed by atoms with Crippen LogP contribution in [0.25, 0.3) is 0 Å². The molecule has 0 unspecified atom stereocenters. The van der Waals surface area contributed by atoms with Crippen molar-refractivity contribution in [1.82, 2.24) is 9.88 Å². The molecule has 0 bridgehead atoms. The molecule has 0 aliphatic carbocycles. The first kappa shape index (κ1) is 24.7. The summed E-state index contributed by atoms with van der Waals surface area (Å²) in [6.45, 7) is 3.72. The number of benzene rings is 2. The van der Waals surface area contributed by atoms with Crippen molar-refractivity contribution < 1.29 is 19.4 Å². The molecule has 0 fully saturated rings. The minimum absolute atomic E-state index is 0.132. The molecule has 1 aromatic heterocycles. The van der Waals surface area contributed by atoms with E-state index in [4.69, 9.17) is 10.5 Å². The number of para-hydroxylation sites is 2. The van der Waals surface area contributed by atoms with Crippen LogP contribution in [0.3, 0.4) is 0 Å². The van der Waals surface area contributed by atoms with Gasteiger partial charge in [-0.2, -0.15) is 0 Å². The number of hydrogen-bond donors (Lipinski definition) is 3. The molecule has 3 aromatic rings. The van der Waals surface area contributed by atoms with Gasteiger partial charge in [0.05, 0.1) is 24.0 Å². The number of aliphatic hydroxyl groups excluding tert-OH is 1. The lowest BCUT2D eigenvalue weighted by molar-refractivity contribution is 0.0445. The Balaban J connectivity index is 1.69. The highest BCUT2D eigenvalue weighted by Crippen LogP contribution is 2.26. The van der Waals surface area contributed by atoms with Crippen LogP contribution in [0.4, 0.5) is 16.2 Å². The fraction of sp³-hybridized carbons (Fsp3) is 0.269. The minimum atomic E-state index is -0.529. The van der Waals surface area contributed by atoms with E-state index >= 15 is 0 Å². The van der Waals surface area contributed by atoms with Gasteiger partial charge in [0, 0.05) is 24.5 Å². The molecule has 1 heterocycles. The van der Waals surface area contributed by atoms with Crippen molar-refractivity contribution in [3.63, 3.8) is 0 Å². The molecule has 8 heteroatoms. The van der Waals surface area contributed by atoms with Crippen LogP contribution in [-0.4, -0.2) is 40.1 Å². The molecule has 0 spiro atoms. The standard InChI is InChI=1S/C26H30N4O4/c1-3-24(34-26(33)30(15-16-31)18(2)21-7-6-14-28-17-21)19-10-12-20(13-11-19)25(32)29-23-9-5-4-8-22(23)27/h4-14,17-18,24,31H,3,15-16,27H2,1-2H3,(H,29,32)/t18-,24-/m0/s1. The molecule has 34 heavy (non-hydrogen) atoms. The van der Waals surface area contributed by atoms with Gasteiger partial charge < -0.3 is 20.9 Å². The topological polar surface area (TPSA) is 118 Å². The average Bonchev–Trinajstić information content (AvgIpc) is 2.87. The number of amides is 2. The summed E-state index contributed by atoms with van der Waals surface area (Å²) in [4.78, 5) is 31.2. The lowest BCUT2D eigenvalue weighted by Crippen LogP contribution is -2.37. The van der Waals surface area contributed by atoms with E-state index in [-0.39, 0.29) is 25.1 Å². The number of carbonyl (C=O) groups excluding carboxylic acids is 2. The zero-order chi connectivity index (χ0) is 24.5. The van der Waals surface area contributed by atoms with E-state index in [0.29, 0.717) is 23.4 Å². The Morgan fingerprint density at radius 2 is 1.82 bits per heavy atom. The van der Waals surface area contributed by atoms with E-state index in [1.165, 1.54) is 4.90 Å². The summed E-state index contributed by atoms with van der Waals surface area (Å²) in [6, 6.07) is 17.3. The number of carbonyl (C=O) groups is 2. The van der Waals surface area contributed by atoms with Crippen LogP contribution >= 0.6 is 0 Å². The molecule has 2 amide bonds. The number of ether oxygens (including phenoxy) is 1. The number of pyridine rings is 1. The normalized spacial score (nSPS) is 12.4. The zero-order valence-corrected chi connectivity index (χ0v) is 19.3. The second-order valence-electron chi connectivity index (χ2n) is 7.82. The summed E-state index contributed by atoms with van der Waals surface area (Å²) in [5, 5.41) is 12.3. The van der Waals surface area contributed by atoms with E-state index < -0.39 is 12.2 Å². The van der Waals surface area contributed by atoms with Crippen molar-refractivity contribution in [2.24, 2.45) is 0 Å². The Labute approximate surface area is 199 Å². The van der Waals surface area contributed by atoms with Crippen LogP contribution in [-0.2, 0) is 4.74 Å². The molecule has 0 aliphatic rings. The average molecular weight is 463 g/mol. The third-order valence-electron chi connectivity index (χ3n) is 5.58. The largest absolute Gasteiger partial charge is 0.441 e. The molecule has 0 saturated heterocycles. The quantitative estimate of drug-likeness (QED) is 0.401. The number of rotatable bonds is 9. The van der Waals surface area contributed by atoms with Crippen LogP contribution in [0.15, 0.2) is 73.1 Å². The molecule has 2 aromatic carbocycles. The minimum Gasteiger partial charge on any atom is -0.441 e. The molecule has 0 radical (unpaired) electrons. The molecular formula is C26H30N4O4. The number of nitrogen functional groups attached to an aromatic ring is 1. The maximum absolute atomic E-state index is 13.0. The van der Waals surface area contributed by atoms with Crippen molar-refractivity contribution in [3.8, 4) is 0 Å². The lowest BCUT2D eigenvalue weighted by atomic mass is 10.0. The number of nitrogens with one attached hydrogen (secondary N) is 1. The number of anilines is 2. The van der Waals surface area contributed by atoms with Crippen molar-refractivity contribution in [1.29, 1.82) is 0 Å². The molecule has 8 nitrogen and oxygen atoms in total. The maximum atomic E-state index is 13.0. The van der Waals surface area contributed by atoms with Gasteiger partial charge in [0.25, 0.3) is 5.91 Å². The third-order valence-corrected chi connectivity index (χ3v) is 5.58. The van der Waals surface area contributed by atoms with E-state index in [9.17, 15) is 14.7 Å². The Morgan fingerprint density at radius 3 is 2.44 bits per heavy atom. The second-order valence-corrected chi connectivity index (χ2v) is 7.82. The van der Waals surface area contributed by atoms with Crippen molar-refractivity contribution in [2.45, 2.75) is 32.4 Å². The fourth-order valence-electron chi connectivity index (χ4n) is 3.58. The SMILES string of the molecule is CC[C@H](OC(=O)N(CCO)[C@@H](C)c1cccnc1)c1ccc(C(=O)Nc2ccccc2N)cc1. The van der Waals surface area contributed by atoms with E-state index in [1.807, 2.05) is 19.9 Å². The van der Waals surface area contributed by atoms with Crippen molar-refractivity contribution >= 4 is 23.4 Å². The van der Waals surface area contributed by atoms with Gasteiger partial charge in [0.2, 0.25) is 0 Å². The zero-order valence-electron chi connectivity index (χ0n) is 19.3. The fourth-order valence-corrected chi connectivity index (χ4v) is 3.58. The predicted octanol–water partition coefficient (Wildman–Crippen LogP) is 4.56. The molecule has 0 aliphatic heterocycles. The van der Waals surface area contributed by atoms with Gasteiger partial charge in [0.1, 0.15) is 6.10 Å². The molecule has 4 N–H and O–H groups in total. The Bertz CT molecular complexity index is 1090. The highest BCUT2D eigenvalue weighted by atomic mass is 16.6. The number of nitrogens with zero attached hydrogens (tertiary/aromatic N) is 2. The Hall–Kier alpha value is -3.91. The Kier molecular flexibility index (Phi) is 8.59. The number of hydrogen-bond acceptors (Lipinski definition) is 6. The van der Waals surface area contributed by atoms with Gasteiger partial charge in [-0.1, -0.05) is 37.3 Å². The van der Waals surface area contributed by atoms with Gasteiger partial charge in [0.15, 0.2) is 0 Å². The summed E-state index contributed by atoms with van der Waals surface area (Å²) in [7, 11) is 0. The van der Waals surface area contributed by atoms with Crippen LogP contribution in [0.2, 0.25) is 0 Å². The smallest absolute Gasteiger partial charge is 0.410 e. The van der Waals surface area contributed by atoms with Gasteiger partial charge in [-0.05, 0) is 54.8 Å². The van der Waals surface area contributed by atoms with Gasteiger partial charge in [-0.25, -0.2) is 4.79 Å². The van der Waals surface area contributed by atoms with E-state index in [0.717, 1.165) is 11.1 Å². The first-order valence-electron chi connectivity index (χ1n) is 11.2. The number of aromatic nitrogens is 1. The third kappa shape index (κ3) is 6.11. The summed E-state index contributed by atoms with van der Waals surface area (Å²) >= 11 is 0. The van der Waals surface area contributed by atoms with E-state index in [1.54, 1.807) is 67.0 Å². The van der Waals surface area contributed by atoms with Gasteiger partial charge in [-0.3, -0.25) is 14.7 Å². The maximum Gasteiger partial charge on any atom is 0.410 e. The molecule has 0 saturated carbocycles. The highest BCUT2D eigenvalue weighted by molar-refractivity contribution is 6.05. The van der Waals surface area contributed by atoms with Crippen molar-refractivity contribution in [2.75, 3.05) is 24.2 Å². The summed E-state index contributed by atoms with van der Waals surface area (Å²) in [5.41, 5.74) is 8.99. The molecule has 3 rings (SSSR count). The monoisotopic (exact) mass is 462 g/mol. The predicted molar refractivity (Wildman–Crippen MR) is 131 cm³/mol. The first-order chi connectivity index (χ1) is 16.4.